The topological polar surface area (TPSA) is 57.8 Å². The molecule has 1 aliphatic carbocycles. The Morgan fingerprint density at radius 3 is 3.12 bits per heavy atom. The molecule has 1 aliphatic rings. The van der Waals surface area contributed by atoms with Gasteiger partial charge in [0.15, 0.2) is 0 Å². The van der Waals surface area contributed by atoms with Gasteiger partial charge in [0, 0.05) is 17.0 Å². The van der Waals surface area contributed by atoms with Crippen LogP contribution in [-0.2, 0) is 4.79 Å². The molecule has 1 heterocycles. The lowest BCUT2D eigenvalue weighted by Crippen LogP contribution is -2.14. The summed E-state index contributed by atoms with van der Waals surface area (Å²) < 4.78 is 0. The molecule has 1 fully saturated rings. The number of nitrogens with one attached hydrogen (secondary N) is 2. The number of benzene rings is 1. The minimum absolute atomic E-state index is 0.135. The van der Waals surface area contributed by atoms with Crippen LogP contribution in [0, 0.1) is 11.8 Å². The van der Waals surface area contributed by atoms with Crippen molar-refractivity contribution in [2.45, 2.75) is 13.3 Å². The van der Waals surface area contributed by atoms with E-state index < -0.39 is 0 Å². The number of rotatable bonds is 2. The molecule has 1 aromatic carbocycles. The van der Waals surface area contributed by atoms with Gasteiger partial charge in [-0.1, -0.05) is 6.92 Å². The number of nitrogens with zero attached hydrogens (tertiary/aromatic N) is 1. The van der Waals surface area contributed by atoms with Gasteiger partial charge in [0.25, 0.3) is 0 Å². The third-order valence-electron chi connectivity index (χ3n) is 3.15. The fourth-order valence-electron chi connectivity index (χ4n) is 1.94. The molecule has 1 amide bonds. The highest BCUT2D eigenvalue weighted by Crippen LogP contribution is 2.38. The van der Waals surface area contributed by atoms with Gasteiger partial charge in [-0.15, -0.1) is 0 Å². The zero-order chi connectivity index (χ0) is 11.1. The number of fused-ring (bicyclic) bond motifs is 1. The van der Waals surface area contributed by atoms with Crippen molar-refractivity contribution in [3.8, 4) is 0 Å². The fraction of sp³-hybridized carbons (Fsp3) is 0.333. The number of aromatic nitrogens is 2. The van der Waals surface area contributed by atoms with Crippen LogP contribution in [0.4, 0.5) is 5.69 Å². The quantitative estimate of drug-likeness (QED) is 0.806. The Morgan fingerprint density at radius 1 is 1.56 bits per heavy atom. The molecule has 3 rings (SSSR count). The van der Waals surface area contributed by atoms with Gasteiger partial charge in [0.2, 0.25) is 5.91 Å². The number of hydrogen-bond donors (Lipinski definition) is 2. The van der Waals surface area contributed by atoms with E-state index in [2.05, 4.69) is 22.4 Å². The van der Waals surface area contributed by atoms with Crippen molar-refractivity contribution >= 4 is 22.5 Å². The standard InChI is InChI=1S/C12H13N3O/c1-7-4-10(7)12(16)14-9-2-3-11-8(5-9)6-13-15-11/h2-3,5-7,10H,4H2,1H3,(H,13,15)(H,14,16)/t7-,10-/m1/s1. The predicted octanol–water partition coefficient (Wildman–Crippen LogP) is 2.16. The first-order valence-corrected chi connectivity index (χ1v) is 5.48. The van der Waals surface area contributed by atoms with Crippen molar-refractivity contribution < 1.29 is 4.79 Å². The van der Waals surface area contributed by atoms with E-state index in [1.807, 2.05) is 18.2 Å². The van der Waals surface area contributed by atoms with Gasteiger partial charge in [-0.3, -0.25) is 9.89 Å². The first kappa shape index (κ1) is 9.39. The Kier molecular flexibility index (Phi) is 1.96. The maximum atomic E-state index is 11.7. The number of aromatic amines is 1. The summed E-state index contributed by atoms with van der Waals surface area (Å²) in [6.07, 6.45) is 2.77. The smallest absolute Gasteiger partial charge is 0.227 e. The zero-order valence-electron chi connectivity index (χ0n) is 9.03. The van der Waals surface area contributed by atoms with Gasteiger partial charge < -0.3 is 5.32 Å². The zero-order valence-corrected chi connectivity index (χ0v) is 9.03. The molecule has 4 heteroatoms. The lowest BCUT2D eigenvalue weighted by atomic mass is 10.2. The number of carbonyl (C=O) groups excluding carboxylic acids is 1. The van der Waals surface area contributed by atoms with E-state index in [9.17, 15) is 4.79 Å². The van der Waals surface area contributed by atoms with Crippen LogP contribution in [0.2, 0.25) is 0 Å². The van der Waals surface area contributed by atoms with Crippen LogP contribution in [0.25, 0.3) is 10.9 Å². The average molecular weight is 215 g/mol. The Morgan fingerprint density at radius 2 is 2.38 bits per heavy atom. The van der Waals surface area contributed by atoms with E-state index >= 15 is 0 Å². The van der Waals surface area contributed by atoms with E-state index in [1.54, 1.807) is 6.20 Å². The van der Waals surface area contributed by atoms with Crippen LogP contribution < -0.4 is 5.32 Å². The maximum Gasteiger partial charge on any atom is 0.227 e. The van der Waals surface area contributed by atoms with Gasteiger partial charge in [-0.25, -0.2) is 0 Å². The predicted molar refractivity (Wildman–Crippen MR) is 62.0 cm³/mol. The summed E-state index contributed by atoms with van der Waals surface area (Å²) in [6.45, 7) is 2.10. The maximum absolute atomic E-state index is 11.7. The van der Waals surface area contributed by atoms with Gasteiger partial charge in [0.1, 0.15) is 0 Å². The van der Waals surface area contributed by atoms with Crippen LogP contribution in [0.15, 0.2) is 24.4 Å². The first-order valence-electron chi connectivity index (χ1n) is 5.48. The molecule has 4 nitrogen and oxygen atoms in total. The summed E-state index contributed by atoms with van der Waals surface area (Å²) >= 11 is 0. The third-order valence-corrected chi connectivity index (χ3v) is 3.15. The SMILES string of the molecule is C[C@@H]1C[C@H]1C(=O)Nc1ccc2[nH]ncc2c1. The Bertz CT molecular complexity index is 546. The summed E-state index contributed by atoms with van der Waals surface area (Å²) in [5, 5.41) is 10.8. The van der Waals surface area contributed by atoms with Gasteiger partial charge in [-0.2, -0.15) is 5.10 Å². The molecule has 0 aliphatic heterocycles. The van der Waals surface area contributed by atoms with E-state index in [1.165, 1.54) is 0 Å². The van der Waals surface area contributed by atoms with E-state index in [0.717, 1.165) is 23.0 Å². The molecule has 0 radical (unpaired) electrons. The van der Waals surface area contributed by atoms with Crippen molar-refractivity contribution in [3.05, 3.63) is 24.4 Å². The van der Waals surface area contributed by atoms with Crippen molar-refractivity contribution in [3.63, 3.8) is 0 Å². The number of amides is 1. The highest BCUT2D eigenvalue weighted by Gasteiger charge is 2.38. The molecule has 0 saturated heterocycles. The number of anilines is 1. The Balaban J connectivity index is 1.80. The highest BCUT2D eigenvalue weighted by atomic mass is 16.2. The number of carbonyl (C=O) groups is 1. The molecule has 2 atom stereocenters. The minimum Gasteiger partial charge on any atom is -0.326 e. The largest absolute Gasteiger partial charge is 0.326 e. The second-order valence-corrected chi connectivity index (χ2v) is 4.48. The molecule has 16 heavy (non-hydrogen) atoms. The van der Waals surface area contributed by atoms with Crippen LogP contribution in [0.1, 0.15) is 13.3 Å². The fourth-order valence-corrected chi connectivity index (χ4v) is 1.94. The lowest BCUT2D eigenvalue weighted by molar-refractivity contribution is -0.117. The van der Waals surface area contributed by atoms with Crippen LogP contribution in [-0.4, -0.2) is 16.1 Å². The molecule has 0 bridgehead atoms. The summed E-state index contributed by atoms with van der Waals surface area (Å²) in [5.41, 5.74) is 1.83. The summed E-state index contributed by atoms with van der Waals surface area (Å²) in [5.74, 6) is 0.882. The van der Waals surface area contributed by atoms with E-state index in [4.69, 9.17) is 0 Å². The average Bonchev–Trinajstić information content (AvgIpc) is 2.83. The molecule has 1 aromatic heterocycles. The number of H-pyrrole nitrogens is 1. The van der Waals surface area contributed by atoms with E-state index in [-0.39, 0.29) is 11.8 Å². The van der Waals surface area contributed by atoms with E-state index in [0.29, 0.717) is 5.92 Å². The van der Waals surface area contributed by atoms with Gasteiger partial charge in [-0.05, 0) is 30.5 Å². The van der Waals surface area contributed by atoms with Crippen molar-refractivity contribution in [1.29, 1.82) is 0 Å². The van der Waals surface area contributed by atoms with Crippen molar-refractivity contribution in [2.75, 3.05) is 5.32 Å². The van der Waals surface area contributed by atoms with Gasteiger partial charge in [0.05, 0.1) is 11.7 Å². The summed E-state index contributed by atoms with van der Waals surface area (Å²) in [7, 11) is 0. The Labute approximate surface area is 93.0 Å². The second-order valence-electron chi connectivity index (χ2n) is 4.48. The Hall–Kier alpha value is -1.84. The van der Waals surface area contributed by atoms with Crippen molar-refractivity contribution in [1.82, 2.24) is 10.2 Å². The van der Waals surface area contributed by atoms with Crippen LogP contribution >= 0.6 is 0 Å². The lowest BCUT2D eigenvalue weighted by Gasteiger charge is -2.03. The molecule has 0 spiro atoms. The molecule has 2 aromatic rings. The van der Waals surface area contributed by atoms with Crippen molar-refractivity contribution in [2.24, 2.45) is 11.8 Å². The normalized spacial score (nSPS) is 23.3. The minimum atomic E-state index is 0.135. The van der Waals surface area contributed by atoms with Crippen LogP contribution in [0.3, 0.4) is 0 Å². The number of hydrogen-bond acceptors (Lipinski definition) is 2. The van der Waals surface area contributed by atoms with Crippen LogP contribution in [0.5, 0.6) is 0 Å². The molecule has 0 unspecified atom stereocenters. The summed E-state index contributed by atoms with van der Waals surface area (Å²) in [6, 6.07) is 5.75. The monoisotopic (exact) mass is 215 g/mol. The molecule has 2 N–H and O–H groups in total. The second kappa shape index (κ2) is 3.33. The molecular weight excluding hydrogens is 202 g/mol. The summed E-state index contributed by atoms with van der Waals surface area (Å²) in [4.78, 5) is 11.7. The van der Waals surface area contributed by atoms with Gasteiger partial charge >= 0.3 is 0 Å². The molecule has 1 saturated carbocycles. The molecular formula is C12H13N3O. The first-order chi connectivity index (χ1) is 7.74. The molecule has 82 valence electrons. The third kappa shape index (κ3) is 1.56. The highest BCUT2D eigenvalue weighted by molar-refractivity contribution is 5.96.